The molecule has 0 N–H and O–H groups in total. The van der Waals surface area contributed by atoms with E-state index in [0.717, 1.165) is 0 Å². The van der Waals surface area contributed by atoms with Gasteiger partial charge in [0.25, 0.3) is 0 Å². The smallest absolute Gasteiger partial charge is 0.338 e. The predicted molar refractivity (Wildman–Crippen MR) is 95.1 cm³/mol. The fraction of sp³-hybridized carbons (Fsp3) is 0.550. The first kappa shape index (κ1) is 20.4. The van der Waals surface area contributed by atoms with Crippen molar-refractivity contribution < 1.29 is 9.53 Å². The number of hydrogen-bond acceptors (Lipinski definition) is 2. The fourth-order valence-corrected chi connectivity index (χ4v) is 1.95. The molecule has 1 fully saturated rings. The molecule has 22 heavy (non-hydrogen) atoms. The van der Waals surface area contributed by atoms with E-state index in [1.54, 1.807) is 12.1 Å². The van der Waals surface area contributed by atoms with E-state index in [1.807, 2.05) is 45.9 Å². The van der Waals surface area contributed by atoms with Crippen LogP contribution in [0.5, 0.6) is 0 Å². The third-order valence-electron chi connectivity index (χ3n) is 3.12. The molecule has 0 aliphatic heterocycles. The molecular formula is C20H32O2. The lowest BCUT2D eigenvalue weighted by Gasteiger charge is -2.10. The van der Waals surface area contributed by atoms with Gasteiger partial charge >= 0.3 is 5.97 Å². The molecule has 0 saturated heterocycles. The van der Waals surface area contributed by atoms with Gasteiger partial charge in [-0.25, -0.2) is 4.79 Å². The highest BCUT2D eigenvalue weighted by Gasteiger charge is 2.06. The van der Waals surface area contributed by atoms with Gasteiger partial charge in [0.05, 0.1) is 12.2 Å². The van der Waals surface area contributed by atoms with Gasteiger partial charge < -0.3 is 4.74 Å². The summed E-state index contributed by atoms with van der Waals surface area (Å²) in [5.74, 6) is 0.141. The Morgan fingerprint density at radius 1 is 1.09 bits per heavy atom. The first-order valence-electron chi connectivity index (χ1n) is 8.48. The molecule has 0 spiro atoms. The lowest BCUT2D eigenvalue weighted by Crippen LogP contribution is -2.09. The van der Waals surface area contributed by atoms with E-state index in [1.165, 1.54) is 37.7 Å². The Bertz CT molecular complexity index is 399. The average molecular weight is 304 g/mol. The number of rotatable bonds is 3. The van der Waals surface area contributed by atoms with Gasteiger partial charge in [-0.05, 0) is 43.7 Å². The molecule has 1 aliphatic rings. The minimum absolute atomic E-state index is 0.241. The maximum Gasteiger partial charge on any atom is 0.338 e. The van der Waals surface area contributed by atoms with Crippen LogP contribution in [0, 0.1) is 5.92 Å². The zero-order chi connectivity index (χ0) is 16.8. The molecule has 2 rings (SSSR count). The summed E-state index contributed by atoms with van der Waals surface area (Å²) in [6, 6.07) is 9.03. The highest BCUT2D eigenvalue weighted by Crippen LogP contribution is 2.20. The van der Waals surface area contributed by atoms with Crippen molar-refractivity contribution in [3.63, 3.8) is 0 Å². The van der Waals surface area contributed by atoms with Crippen LogP contribution in [-0.4, -0.2) is 12.6 Å². The van der Waals surface area contributed by atoms with Crippen molar-refractivity contribution in [1.29, 1.82) is 0 Å². The molecule has 2 nitrogen and oxygen atoms in total. The summed E-state index contributed by atoms with van der Waals surface area (Å²) in [5.41, 5.74) is 2.08. The summed E-state index contributed by atoms with van der Waals surface area (Å²) in [6.45, 7) is 12.4. The van der Waals surface area contributed by atoms with E-state index in [-0.39, 0.29) is 5.97 Å². The van der Waals surface area contributed by atoms with E-state index < -0.39 is 0 Å². The molecule has 0 radical (unpaired) electrons. The minimum atomic E-state index is -0.241. The lowest BCUT2D eigenvalue weighted by atomic mass is 9.97. The third kappa shape index (κ3) is 10.2. The summed E-state index contributed by atoms with van der Waals surface area (Å²) >= 11 is 0. The number of ether oxygens (including phenoxy) is 1. The van der Waals surface area contributed by atoms with Gasteiger partial charge in [0, 0.05) is 0 Å². The third-order valence-corrected chi connectivity index (χ3v) is 3.12. The molecule has 124 valence electrons. The molecule has 0 aromatic heterocycles. The monoisotopic (exact) mass is 304 g/mol. The van der Waals surface area contributed by atoms with Crippen LogP contribution in [0.1, 0.15) is 70.2 Å². The fourth-order valence-electron chi connectivity index (χ4n) is 1.95. The summed E-state index contributed by atoms with van der Waals surface area (Å²) in [6.07, 6.45) is 6.79. The van der Waals surface area contributed by atoms with Gasteiger partial charge in [-0.15, -0.1) is 0 Å². The van der Waals surface area contributed by atoms with Crippen molar-refractivity contribution in [3.8, 4) is 0 Å². The number of allylic oxidation sites excluding steroid dienone is 1. The van der Waals surface area contributed by atoms with Crippen LogP contribution < -0.4 is 0 Å². The Balaban J connectivity index is 0.000000412. The highest BCUT2D eigenvalue weighted by molar-refractivity contribution is 5.89. The largest absolute Gasteiger partial charge is 0.462 e. The van der Waals surface area contributed by atoms with Crippen molar-refractivity contribution in [3.05, 3.63) is 48.0 Å². The maximum absolute atomic E-state index is 11.3. The second kappa shape index (κ2) is 13.1. The molecule has 1 aromatic rings. The van der Waals surface area contributed by atoms with Crippen molar-refractivity contribution in [2.24, 2.45) is 5.92 Å². The lowest BCUT2D eigenvalue weighted by molar-refractivity contribution is 0.0459. The molecule has 1 aromatic carbocycles. The Morgan fingerprint density at radius 3 is 2.05 bits per heavy atom. The molecule has 1 saturated carbocycles. The second-order valence-electron chi connectivity index (χ2n) is 5.67. The first-order chi connectivity index (χ1) is 10.6. The van der Waals surface area contributed by atoms with Crippen LogP contribution in [0.3, 0.4) is 0 Å². The van der Waals surface area contributed by atoms with E-state index in [9.17, 15) is 4.79 Å². The molecule has 2 heteroatoms. The molecule has 0 amide bonds. The van der Waals surface area contributed by atoms with Crippen LogP contribution in [0.2, 0.25) is 0 Å². The van der Waals surface area contributed by atoms with Crippen LogP contribution in [0.15, 0.2) is 42.5 Å². The van der Waals surface area contributed by atoms with Crippen molar-refractivity contribution >= 4 is 5.97 Å². The van der Waals surface area contributed by atoms with Crippen molar-refractivity contribution in [2.75, 3.05) is 6.61 Å². The molecule has 0 atom stereocenters. The van der Waals surface area contributed by atoms with Gasteiger partial charge in [-0.3, -0.25) is 0 Å². The molecule has 0 heterocycles. The topological polar surface area (TPSA) is 26.3 Å². The summed E-state index contributed by atoms with van der Waals surface area (Å²) in [7, 11) is 0. The Kier molecular flexibility index (Phi) is 12.2. The number of benzene rings is 1. The normalized spacial score (nSPS) is 13.4. The zero-order valence-electron chi connectivity index (χ0n) is 14.7. The number of hydrogen-bond donors (Lipinski definition) is 0. The minimum Gasteiger partial charge on any atom is -0.462 e. The molecule has 1 aliphatic carbocycles. The van der Waals surface area contributed by atoms with Gasteiger partial charge in [-0.2, -0.15) is 0 Å². The summed E-state index contributed by atoms with van der Waals surface area (Å²) in [5, 5.41) is 0. The van der Waals surface area contributed by atoms with Gasteiger partial charge in [0.15, 0.2) is 0 Å². The van der Waals surface area contributed by atoms with Gasteiger partial charge in [0.1, 0.15) is 0 Å². The van der Waals surface area contributed by atoms with Crippen LogP contribution in [-0.2, 0) is 4.74 Å². The SMILES string of the molecule is C=C1CCCCC1.CC.CC(C)COC(=O)c1ccccc1. The number of esters is 1. The Labute approximate surface area is 136 Å². The Morgan fingerprint density at radius 2 is 1.64 bits per heavy atom. The standard InChI is InChI=1S/C11H14O2.C7H12.C2H6/c1-9(2)8-13-11(12)10-6-4-3-5-7-10;1-7-5-3-2-4-6-7;1-2/h3-7,9H,8H2,1-2H3;1-6H2;1-2H3. The summed E-state index contributed by atoms with van der Waals surface area (Å²) < 4.78 is 5.05. The van der Waals surface area contributed by atoms with E-state index in [4.69, 9.17) is 4.74 Å². The van der Waals surface area contributed by atoms with E-state index >= 15 is 0 Å². The van der Waals surface area contributed by atoms with Crippen molar-refractivity contribution in [1.82, 2.24) is 0 Å². The van der Waals surface area contributed by atoms with Crippen molar-refractivity contribution in [2.45, 2.75) is 59.8 Å². The van der Waals surface area contributed by atoms with Gasteiger partial charge in [0.2, 0.25) is 0 Å². The molecule has 0 bridgehead atoms. The molecule has 0 unspecified atom stereocenters. The van der Waals surface area contributed by atoms with Crippen LogP contribution in [0.25, 0.3) is 0 Å². The van der Waals surface area contributed by atoms with Crippen LogP contribution >= 0.6 is 0 Å². The van der Waals surface area contributed by atoms with Crippen LogP contribution in [0.4, 0.5) is 0 Å². The number of carbonyl (C=O) groups is 1. The highest BCUT2D eigenvalue weighted by atomic mass is 16.5. The maximum atomic E-state index is 11.3. The van der Waals surface area contributed by atoms with E-state index in [2.05, 4.69) is 6.58 Å². The zero-order valence-corrected chi connectivity index (χ0v) is 14.7. The average Bonchev–Trinajstić information content (AvgIpc) is 2.56. The predicted octanol–water partition coefficient (Wildman–Crippen LogP) is 6.03. The summed E-state index contributed by atoms with van der Waals surface area (Å²) in [4.78, 5) is 11.3. The van der Waals surface area contributed by atoms with Gasteiger partial charge in [-0.1, -0.05) is 64.5 Å². The first-order valence-corrected chi connectivity index (χ1v) is 8.48. The van der Waals surface area contributed by atoms with E-state index in [0.29, 0.717) is 18.1 Å². The molecular weight excluding hydrogens is 272 g/mol. The Hall–Kier alpha value is -1.57. The second-order valence-corrected chi connectivity index (χ2v) is 5.67. The number of carbonyl (C=O) groups excluding carboxylic acids is 1. The quantitative estimate of drug-likeness (QED) is 0.503.